The number of hydrogen-bond donors (Lipinski definition) is 0. The van der Waals surface area contributed by atoms with Gasteiger partial charge < -0.3 is 0 Å². The summed E-state index contributed by atoms with van der Waals surface area (Å²) in [5, 5.41) is 0. The average molecular weight is 1770 g/mol. The Kier molecular flexibility index (Phi) is 90.8. The summed E-state index contributed by atoms with van der Waals surface area (Å²) < 4.78 is -0.457. The quantitative estimate of drug-likeness (QED) is 0.0198. The molecule has 0 fully saturated rings. The van der Waals surface area contributed by atoms with E-state index in [0.717, 1.165) is 128 Å². The predicted octanol–water partition coefficient (Wildman–Crippen LogP) is 37.4. The second-order valence-corrected chi connectivity index (χ2v) is 40.1. The maximum absolute atomic E-state index is 13.9. The minimum absolute atomic E-state index is 0.229. The third-order valence-electron chi connectivity index (χ3n) is 25.0. The van der Waals surface area contributed by atoms with Gasteiger partial charge in [0.2, 0.25) is 0 Å². The molecule has 0 heterocycles. The zero-order valence-electron chi connectivity index (χ0n) is 75.3. The Bertz CT molecular complexity index is 1730. The Morgan fingerprint density at radius 2 is 0.273 bits per heavy atom. The molecule has 0 aliphatic rings. The van der Waals surface area contributed by atoms with Gasteiger partial charge in [-0.05, 0) is 51.4 Å². The molecule has 2 unspecified atom stereocenters. The van der Waals surface area contributed by atoms with Crippen molar-refractivity contribution in [1.82, 2.24) is 0 Å². The van der Waals surface area contributed by atoms with Gasteiger partial charge in [0.1, 0.15) is 11.6 Å². The molecule has 6 nitrogen and oxygen atoms in total. The van der Waals surface area contributed by atoms with E-state index in [4.69, 9.17) is 9.78 Å². The van der Waals surface area contributed by atoms with E-state index in [1.54, 1.807) is 0 Å². The van der Waals surface area contributed by atoms with E-state index in [1.165, 1.54) is 449 Å². The number of Topliss-reactive ketones (excluding diaryl/α,β-unsaturated/α-hetero) is 2. The van der Waals surface area contributed by atoms with Crippen LogP contribution < -0.4 is 0 Å². The molecule has 0 saturated carbocycles. The van der Waals surface area contributed by atoms with Crippen LogP contribution in [0.5, 0.6) is 0 Å². The minimum Gasteiger partial charge on any atom is -0.298 e. The monoisotopic (exact) mass is 1770 g/mol. The standard InChI is InChI=1S/C102H196I2O6/c1-5-9-13-17-21-25-27-29-31-33-35-37-39-41-43-45-47-49-51-53-55-57-59-61-63-69-77-85-93-101(103,97(105)89-81-73-65-23-19-15-11-7-3)95-87-79-71-67-75-83-91-99(107)109-110-100(108)92-84-76-68-72-80-88-96-102(104,98(106)90-82-74-66-24-20-16-12-8-4)94-86-78-70-64-62-60-58-56-54-52-50-48-46-44-42-40-38-36-34-32-30-28-26-22-18-14-10-6-2/h5-96H2,1-4H3. The summed E-state index contributed by atoms with van der Waals surface area (Å²) in [6.45, 7) is 9.17. The molecule has 0 aromatic carbocycles. The average Bonchev–Trinajstić information content (AvgIpc) is 0.868. The molecule has 0 spiro atoms. The lowest BCUT2D eigenvalue weighted by atomic mass is 9.88. The van der Waals surface area contributed by atoms with E-state index in [2.05, 4.69) is 72.9 Å². The molecule has 0 rings (SSSR count). The second kappa shape index (κ2) is 91.1. The molecule has 2 atom stereocenters. The first-order chi connectivity index (χ1) is 54.1. The van der Waals surface area contributed by atoms with E-state index >= 15 is 0 Å². The molecule has 0 aromatic rings. The molecular weight excluding hydrogens is 1570 g/mol. The molecule has 0 radical (unpaired) electrons. The fourth-order valence-corrected chi connectivity index (χ4v) is 19.2. The normalized spacial score (nSPS) is 12.8. The first kappa shape index (κ1) is 110. The van der Waals surface area contributed by atoms with Crippen molar-refractivity contribution < 1.29 is 29.0 Å². The number of carbonyl (C=O) groups excluding carboxylic acids is 4. The van der Waals surface area contributed by atoms with Gasteiger partial charge in [0.15, 0.2) is 0 Å². The molecule has 0 aliphatic heterocycles. The van der Waals surface area contributed by atoms with E-state index in [-0.39, 0.29) is 19.7 Å². The van der Waals surface area contributed by atoms with Crippen LogP contribution in [0.25, 0.3) is 0 Å². The number of alkyl halides is 2. The third-order valence-corrected chi connectivity index (χ3v) is 28.4. The summed E-state index contributed by atoms with van der Waals surface area (Å²) in [6.07, 6.45) is 118. The van der Waals surface area contributed by atoms with Crippen LogP contribution in [-0.2, 0) is 29.0 Å². The van der Waals surface area contributed by atoms with Crippen molar-refractivity contribution in [1.29, 1.82) is 0 Å². The summed E-state index contributed by atoms with van der Waals surface area (Å²) in [4.78, 5) is 62.8. The van der Waals surface area contributed by atoms with Gasteiger partial charge in [-0.3, -0.25) is 9.59 Å². The number of unbranched alkanes of at least 4 members (excludes halogenated alkanes) is 78. The van der Waals surface area contributed by atoms with Crippen molar-refractivity contribution in [2.75, 3.05) is 0 Å². The highest BCUT2D eigenvalue weighted by molar-refractivity contribution is 14.1. The van der Waals surface area contributed by atoms with Crippen LogP contribution in [0.4, 0.5) is 0 Å². The summed E-state index contributed by atoms with van der Waals surface area (Å²) in [5.41, 5.74) is 0. The molecule has 0 bridgehead atoms. The lowest BCUT2D eigenvalue weighted by Gasteiger charge is -2.27. The summed E-state index contributed by atoms with van der Waals surface area (Å²) >= 11 is 5.17. The highest BCUT2D eigenvalue weighted by Gasteiger charge is 2.34. The van der Waals surface area contributed by atoms with Crippen LogP contribution in [0.2, 0.25) is 0 Å². The zero-order chi connectivity index (χ0) is 79.8. The largest absolute Gasteiger partial charge is 0.355 e. The Labute approximate surface area is 717 Å². The van der Waals surface area contributed by atoms with E-state index in [0.29, 0.717) is 11.6 Å². The topological polar surface area (TPSA) is 86.7 Å². The fraction of sp³-hybridized carbons (Fsp3) is 0.961. The first-order valence-corrected chi connectivity index (χ1v) is 53.1. The van der Waals surface area contributed by atoms with Gasteiger partial charge in [0, 0.05) is 12.8 Å². The van der Waals surface area contributed by atoms with Crippen molar-refractivity contribution in [2.45, 2.75) is 625 Å². The van der Waals surface area contributed by atoms with E-state index in [1.807, 2.05) is 0 Å². The molecule has 0 aromatic heterocycles. The minimum atomic E-state index is -0.460. The zero-order valence-corrected chi connectivity index (χ0v) is 79.6. The molecule has 8 heteroatoms. The van der Waals surface area contributed by atoms with E-state index < -0.39 is 11.9 Å². The summed E-state index contributed by atoms with van der Waals surface area (Å²) in [5.74, 6) is 0.0863. The van der Waals surface area contributed by atoms with Gasteiger partial charge in [0.05, 0.1) is 19.7 Å². The van der Waals surface area contributed by atoms with Gasteiger partial charge in [0.25, 0.3) is 0 Å². The van der Waals surface area contributed by atoms with Crippen LogP contribution >= 0.6 is 45.2 Å². The van der Waals surface area contributed by atoms with Gasteiger partial charge in [-0.15, -0.1) is 0 Å². The molecule has 654 valence electrons. The number of rotatable bonds is 96. The second-order valence-electron chi connectivity index (χ2n) is 36.0. The molecule has 0 saturated heterocycles. The SMILES string of the molecule is CCCCCCCCCCCCCCCCCCCCCCCCCCCCCCC(I)(CCCCCCCCC(=O)OOC(=O)CCCCCCCCC(I)(CCCCCCCCCCCCCCCCCCCCCCCCCCCCCC)C(=O)CCCCCCCCCC)C(=O)CCCCCCCCCC. The molecule has 0 N–H and O–H groups in total. The highest BCUT2D eigenvalue weighted by atomic mass is 127. The van der Waals surface area contributed by atoms with Gasteiger partial charge in [-0.1, -0.05) is 587 Å². The Balaban J connectivity index is 4.35. The van der Waals surface area contributed by atoms with Crippen molar-refractivity contribution in [3.63, 3.8) is 0 Å². The summed E-state index contributed by atoms with van der Waals surface area (Å²) in [7, 11) is 0. The van der Waals surface area contributed by atoms with Crippen LogP contribution in [0, 0.1) is 0 Å². The first-order valence-electron chi connectivity index (χ1n) is 50.9. The van der Waals surface area contributed by atoms with Crippen molar-refractivity contribution >= 4 is 68.7 Å². The molecule has 0 amide bonds. The fourth-order valence-electron chi connectivity index (χ4n) is 17.2. The maximum atomic E-state index is 13.9. The van der Waals surface area contributed by atoms with Gasteiger partial charge in [-0.25, -0.2) is 19.4 Å². The number of halogens is 2. The number of hydrogen-bond acceptors (Lipinski definition) is 6. The third kappa shape index (κ3) is 81.5. The Hall–Kier alpha value is -0.260. The van der Waals surface area contributed by atoms with Crippen molar-refractivity contribution in [2.24, 2.45) is 0 Å². The van der Waals surface area contributed by atoms with Gasteiger partial charge >= 0.3 is 11.9 Å². The van der Waals surface area contributed by atoms with Gasteiger partial charge in [-0.2, -0.15) is 0 Å². The van der Waals surface area contributed by atoms with Crippen molar-refractivity contribution in [3.8, 4) is 0 Å². The van der Waals surface area contributed by atoms with Crippen molar-refractivity contribution in [3.05, 3.63) is 0 Å². The molecule has 0 aliphatic carbocycles. The lowest BCUT2D eigenvalue weighted by molar-refractivity contribution is -0.259. The number of ketones is 2. The lowest BCUT2D eigenvalue weighted by Crippen LogP contribution is -2.32. The number of carbonyl (C=O) groups is 4. The highest BCUT2D eigenvalue weighted by Crippen LogP contribution is 2.38. The van der Waals surface area contributed by atoms with Crippen LogP contribution in [0.15, 0.2) is 0 Å². The van der Waals surface area contributed by atoms with Crippen LogP contribution in [0.3, 0.4) is 0 Å². The predicted molar refractivity (Wildman–Crippen MR) is 503 cm³/mol. The smallest absolute Gasteiger partial charge is 0.298 e. The van der Waals surface area contributed by atoms with Crippen LogP contribution in [0.1, 0.15) is 618 Å². The van der Waals surface area contributed by atoms with E-state index in [9.17, 15) is 19.2 Å². The maximum Gasteiger partial charge on any atom is 0.355 e. The van der Waals surface area contributed by atoms with Crippen LogP contribution in [-0.4, -0.2) is 30.3 Å². The summed E-state index contributed by atoms with van der Waals surface area (Å²) in [6, 6.07) is 0. The Morgan fingerprint density at radius 1 is 0.164 bits per heavy atom. The Morgan fingerprint density at radius 3 is 0.409 bits per heavy atom. The molecule has 110 heavy (non-hydrogen) atoms. The molecular formula is C102H196I2O6.